The zero-order valence-corrected chi connectivity index (χ0v) is 11.3. The van der Waals surface area contributed by atoms with Gasteiger partial charge in [0.1, 0.15) is 0 Å². The molecule has 0 rings (SSSR count). The van der Waals surface area contributed by atoms with Gasteiger partial charge in [-0.3, -0.25) is 9.68 Å². The van der Waals surface area contributed by atoms with Crippen molar-refractivity contribution in [3.63, 3.8) is 0 Å². The van der Waals surface area contributed by atoms with Gasteiger partial charge in [0.15, 0.2) is 0 Å². The molecule has 0 saturated carbocycles. The Hall–Kier alpha value is -0.240. The van der Waals surface area contributed by atoms with Gasteiger partial charge in [0.2, 0.25) is 0 Å². The van der Waals surface area contributed by atoms with Crippen LogP contribution in [-0.4, -0.2) is 62.5 Å². The van der Waals surface area contributed by atoms with E-state index in [9.17, 15) is 0 Å². The Morgan fingerprint density at radius 1 is 1.00 bits per heavy atom. The number of aliphatic hydroxyl groups is 2. The van der Waals surface area contributed by atoms with Crippen LogP contribution in [0.3, 0.4) is 0 Å². The van der Waals surface area contributed by atoms with Crippen LogP contribution >= 0.6 is 0 Å². The molecule has 6 heteroatoms. The first-order chi connectivity index (χ1) is 8.26. The standard InChI is InChI=1S/C9H21NO4.C2H7N/c1-2-5-10(13-8-3-6-11)14-9-4-7-12;1-3-2/h11-12H,2-9H2,1H3;3H,1-2H3. The third-order valence-electron chi connectivity index (χ3n) is 1.48. The molecule has 106 valence electrons. The highest BCUT2D eigenvalue weighted by Crippen LogP contribution is 1.97. The van der Waals surface area contributed by atoms with Crippen LogP contribution in [0.15, 0.2) is 0 Å². The van der Waals surface area contributed by atoms with Crippen LogP contribution < -0.4 is 5.32 Å². The summed E-state index contributed by atoms with van der Waals surface area (Å²) in [6, 6.07) is 0. The largest absolute Gasteiger partial charge is 0.396 e. The molecule has 3 N–H and O–H groups in total. The monoisotopic (exact) mass is 252 g/mol. The summed E-state index contributed by atoms with van der Waals surface area (Å²) >= 11 is 0. The molecule has 0 unspecified atom stereocenters. The number of hydrogen-bond acceptors (Lipinski definition) is 6. The summed E-state index contributed by atoms with van der Waals surface area (Å²) in [6.07, 6.45) is 2.13. The van der Waals surface area contributed by atoms with Gasteiger partial charge in [-0.1, -0.05) is 12.2 Å². The summed E-state index contributed by atoms with van der Waals surface area (Å²) in [5.74, 6) is 0. The highest BCUT2D eigenvalue weighted by atomic mass is 16.9. The molecular weight excluding hydrogens is 224 g/mol. The fourth-order valence-corrected chi connectivity index (χ4v) is 0.811. The number of aliphatic hydroxyl groups excluding tert-OH is 2. The molecule has 0 atom stereocenters. The molecule has 0 aliphatic heterocycles. The summed E-state index contributed by atoms with van der Waals surface area (Å²) < 4.78 is 0. The van der Waals surface area contributed by atoms with Gasteiger partial charge >= 0.3 is 0 Å². The van der Waals surface area contributed by atoms with Crippen LogP contribution in [0.2, 0.25) is 0 Å². The zero-order chi connectivity index (χ0) is 13.4. The molecule has 0 saturated heterocycles. The molecule has 0 fully saturated rings. The lowest BCUT2D eigenvalue weighted by Crippen LogP contribution is -2.27. The molecule has 0 aromatic heterocycles. The lowest BCUT2D eigenvalue weighted by Gasteiger charge is -2.19. The highest BCUT2D eigenvalue weighted by Gasteiger charge is 2.03. The van der Waals surface area contributed by atoms with Crippen molar-refractivity contribution < 1.29 is 19.9 Å². The molecule has 0 aromatic rings. The maximum atomic E-state index is 8.55. The molecular formula is C11H28N2O4. The first-order valence-electron chi connectivity index (χ1n) is 6.10. The molecule has 0 spiro atoms. The molecule has 0 aliphatic carbocycles. The van der Waals surface area contributed by atoms with Gasteiger partial charge in [0.25, 0.3) is 0 Å². The maximum Gasteiger partial charge on any atom is 0.0733 e. The fraction of sp³-hybridized carbons (Fsp3) is 1.00. The number of hydrogen-bond donors (Lipinski definition) is 3. The lowest BCUT2D eigenvalue weighted by molar-refractivity contribution is -0.369. The molecule has 0 aliphatic rings. The van der Waals surface area contributed by atoms with Crippen molar-refractivity contribution in [3.8, 4) is 0 Å². The lowest BCUT2D eigenvalue weighted by atomic mass is 10.5. The third-order valence-corrected chi connectivity index (χ3v) is 1.48. The van der Waals surface area contributed by atoms with Crippen LogP contribution in [0.4, 0.5) is 0 Å². The van der Waals surface area contributed by atoms with E-state index in [0.717, 1.165) is 6.42 Å². The second-order valence-corrected chi connectivity index (χ2v) is 3.38. The Labute approximate surface area is 104 Å². The first-order valence-corrected chi connectivity index (χ1v) is 6.10. The zero-order valence-electron chi connectivity index (χ0n) is 11.3. The predicted octanol–water partition coefficient (Wildman–Crippen LogP) is 0.162. The first kappa shape index (κ1) is 19.1. The molecule has 0 radical (unpaired) electrons. The van der Waals surface area contributed by atoms with Crippen molar-refractivity contribution in [2.24, 2.45) is 0 Å². The summed E-state index contributed by atoms with van der Waals surface area (Å²) in [6.45, 7) is 3.87. The van der Waals surface area contributed by atoms with Gasteiger partial charge in [-0.15, -0.1) is 0 Å². The minimum absolute atomic E-state index is 0.122. The van der Waals surface area contributed by atoms with Crippen LogP contribution in [0, 0.1) is 0 Å². The van der Waals surface area contributed by atoms with E-state index >= 15 is 0 Å². The van der Waals surface area contributed by atoms with Gasteiger partial charge in [0, 0.05) is 13.2 Å². The number of nitrogens with zero attached hydrogens (tertiary/aromatic N) is 1. The van der Waals surface area contributed by atoms with E-state index in [2.05, 4.69) is 5.32 Å². The van der Waals surface area contributed by atoms with E-state index < -0.39 is 0 Å². The fourth-order valence-electron chi connectivity index (χ4n) is 0.811. The van der Waals surface area contributed by atoms with Gasteiger partial charge in [0.05, 0.1) is 19.8 Å². The van der Waals surface area contributed by atoms with E-state index in [1.54, 1.807) is 0 Å². The van der Waals surface area contributed by atoms with Gasteiger partial charge in [-0.05, 0) is 33.4 Å². The second kappa shape index (κ2) is 18.1. The van der Waals surface area contributed by atoms with Crippen molar-refractivity contribution in [2.45, 2.75) is 26.2 Å². The van der Waals surface area contributed by atoms with Crippen molar-refractivity contribution in [3.05, 3.63) is 0 Å². The normalized spacial score (nSPS) is 10.2. The number of hydroxylamine groups is 2. The van der Waals surface area contributed by atoms with Crippen LogP contribution in [0.1, 0.15) is 26.2 Å². The third kappa shape index (κ3) is 18.3. The minimum Gasteiger partial charge on any atom is -0.396 e. The maximum absolute atomic E-state index is 8.55. The van der Waals surface area contributed by atoms with E-state index in [0.29, 0.717) is 32.6 Å². The molecule has 0 amide bonds. The topological polar surface area (TPSA) is 74.2 Å². The van der Waals surface area contributed by atoms with Gasteiger partial charge in [-0.2, -0.15) is 0 Å². The average Bonchev–Trinajstić information content (AvgIpc) is 2.31. The summed E-state index contributed by atoms with van der Waals surface area (Å²) in [5, 5.41) is 21.3. The Morgan fingerprint density at radius 2 is 1.41 bits per heavy atom. The highest BCUT2D eigenvalue weighted by molar-refractivity contribution is 4.34. The van der Waals surface area contributed by atoms with Crippen LogP contribution in [-0.2, 0) is 9.68 Å². The summed E-state index contributed by atoms with van der Waals surface area (Å²) in [7, 11) is 3.75. The Balaban J connectivity index is 0. The molecule has 17 heavy (non-hydrogen) atoms. The Bertz CT molecular complexity index is 118. The van der Waals surface area contributed by atoms with E-state index in [-0.39, 0.29) is 13.2 Å². The average molecular weight is 252 g/mol. The van der Waals surface area contributed by atoms with Crippen LogP contribution in [0.5, 0.6) is 0 Å². The molecule has 6 nitrogen and oxygen atoms in total. The molecule has 0 bridgehead atoms. The van der Waals surface area contributed by atoms with Gasteiger partial charge < -0.3 is 15.5 Å². The SMILES string of the molecule is CCCN(OCCCO)OCCCO.CNC. The Morgan fingerprint density at radius 3 is 1.71 bits per heavy atom. The predicted molar refractivity (Wildman–Crippen MR) is 67.3 cm³/mol. The molecule has 0 aromatic carbocycles. The van der Waals surface area contributed by atoms with Crippen molar-refractivity contribution in [1.82, 2.24) is 10.5 Å². The molecule has 0 heterocycles. The van der Waals surface area contributed by atoms with Gasteiger partial charge in [-0.25, -0.2) is 0 Å². The smallest absolute Gasteiger partial charge is 0.0733 e. The van der Waals surface area contributed by atoms with Crippen LogP contribution in [0.25, 0.3) is 0 Å². The van der Waals surface area contributed by atoms with E-state index in [1.807, 2.05) is 21.0 Å². The van der Waals surface area contributed by atoms with E-state index in [1.165, 1.54) is 5.23 Å². The Kier molecular flexibility index (Phi) is 20.4. The minimum atomic E-state index is 0.122. The van der Waals surface area contributed by atoms with E-state index in [4.69, 9.17) is 19.9 Å². The number of nitrogens with one attached hydrogen (secondary N) is 1. The number of rotatable bonds is 10. The summed E-state index contributed by atoms with van der Waals surface area (Å²) in [5.41, 5.74) is 0. The van der Waals surface area contributed by atoms with Crippen molar-refractivity contribution >= 4 is 0 Å². The van der Waals surface area contributed by atoms with Crippen molar-refractivity contribution in [1.29, 1.82) is 0 Å². The second-order valence-electron chi connectivity index (χ2n) is 3.38. The van der Waals surface area contributed by atoms with Crippen molar-refractivity contribution in [2.75, 3.05) is 47.1 Å². The quantitative estimate of drug-likeness (QED) is 0.380. The summed E-state index contributed by atoms with van der Waals surface area (Å²) in [4.78, 5) is 10.5.